The molecular formula is C16H19NO4. The maximum atomic E-state index is 11.6. The number of fused-ring (bicyclic) bond motifs is 1. The van der Waals surface area contributed by atoms with Gasteiger partial charge in [-0.15, -0.1) is 6.42 Å². The molecule has 21 heavy (non-hydrogen) atoms. The summed E-state index contributed by atoms with van der Waals surface area (Å²) in [5, 5.41) is 2.70. The number of carbonyl (C=O) groups excluding carboxylic acids is 1. The molecule has 0 saturated heterocycles. The van der Waals surface area contributed by atoms with Gasteiger partial charge in [0, 0.05) is 18.2 Å². The van der Waals surface area contributed by atoms with Gasteiger partial charge in [-0.3, -0.25) is 0 Å². The Kier molecular flexibility index (Phi) is 4.27. The van der Waals surface area contributed by atoms with Crippen molar-refractivity contribution in [3.8, 4) is 23.8 Å². The van der Waals surface area contributed by atoms with Crippen molar-refractivity contribution in [3.05, 3.63) is 23.3 Å². The fraction of sp³-hybridized carbons (Fsp3) is 0.438. The quantitative estimate of drug-likeness (QED) is 0.868. The van der Waals surface area contributed by atoms with Gasteiger partial charge in [0.25, 0.3) is 0 Å². The van der Waals surface area contributed by atoms with Gasteiger partial charge in [0.2, 0.25) is 6.79 Å². The van der Waals surface area contributed by atoms with Gasteiger partial charge in [-0.2, -0.15) is 0 Å². The first-order valence-corrected chi connectivity index (χ1v) is 6.75. The minimum atomic E-state index is -0.507. The summed E-state index contributed by atoms with van der Waals surface area (Å²) in [6, 6.07) is 3.64. The first-order valence-electron chi connectivity index (χ1n) is 6.75. The zero-order chi connectivity index (χ0) is 15.5. The Bertz CT molecular complexity index is 581. The number of benzene rings is 1. The summed E-state index contributed by atoms with van der Waals surface area (Å²) in [5.74, 6) is 3.96. The highest BCUT2D eigenvalue weighted by Crippen LogP contribution is 2.34. The van der Waals surface area contributed by atoms with Crippen LogP contribution in [0.15, 0.2) is 12.1 Å². The molecule has 2 rings (SSSR count). The highest BCUT2D eigenvalue weighted by atomic mass is 16.7. The van der Waals surface area contributed by atoms with Gasteiger partial charge in [-0.05, 0) is 38.8 Å². The van der Waals surface area contributed by atoms with Crippen molar-refractivity contribution >= 4 is 6.09 Å². The monoisotopic (exact) mass is 289 g/mol. The first-order chi connectivity index (χ1) is 9.89. The van der Waals surface area contributed by atoms with Gasteiger partial charge in [0.05, 0.1) is 0 Å². The summed E-state index contributed by atoms with van der Waals surface area (Å²) in [6.45, 7) is 6.10. The average Bonchev–Trinajstić information content (AvgIpc) is 2.82. The maximum Gasteiger partial charge on any atom is 0.407 e. The van der Waals surface area contributed by atoms with E-state index in [1.54, 1.807) is 6.07 Å². The van der Waals surface area contributed by atoms with Crippen LogP contribution < -0.4 is 14.8 Å². The van der Waals surface area contributed by atoms with Crippen LogP contribution in [0, 0.1) is 12.3 Å². The van der Waals surface area contributed by atoms with Gasteiger partial charge < -0.3 is 19.5 Å². The number of rotatable bonds is 3. The van der Waals surface area contributed by atoms with Crippen molar-refractivity contribution in [2.75, 3.05) is 13.3 Å². The number of carbonyl (C=O) groups is 1. The van der Waals surface area contributed by atoms with E-state index in [0.717, 1.165) is 11.1 Å². The topological polar surface area (TPSA) is 56.8 Å². The smallest absolute Gasteiger partial charge is 0.407 e. The van der Waals surface area contributed by atoms with E-state index < -0.39 is 11.7 Å². The molecule has 1 aromatic carbocycles. The number of ether oxygens (including phenoxy) is 3. The number of nitrogens with one attached hydrogen (secondary N) is 1. The molecule has 0 radical (unpaired) electrons. The summed E-state index contributed by atoms with van der Waals surface area (Å²) >= 11 is 0. The molecule has 5 heteroatoms. The molecule has 1 heterocycles. The summed E-state index contributed by atoms with van der Waals surface area (Å²) in [7, 11) is 0. The Hall–Kier alpha value is -2.35. The van der Waals surface area contributed by atoms with Crippen LogP contribution in [0.3, 0.4) is 0 Å². The minimum absolute atomic E-state index is 0.207. The van der Waals surface area contributed by atoms with Crippen LogP contribution in [-0.4, -0.2) is 25.0 Å². The SMILES string of the molecule is C#Cc1cc2c(cc1CCNC(=O)OC(C)(C)C)OCO2. The van der Waals surface area contributed by atoms with Crippen LogP contribution in [0.4, 0.5) is 4.79 Å². The standard InChI is InChI=1S/C16H19NO4/c1-5-11-8-13-14(20-10-19-13)9-12(11)6-7-17-15(18)21-16(2,3)4/h1,8-9H,6-7,10H2,2-4H3,(H,17,18). The van der Waals surface area contributed by atoms with Crippen molar-refractivity contribution in [2.24, 2.45) is 0 Å². The highest BCUT2D eigenvalue weighted by molar-refractivity contribution is 5.67. The Labute approximate surface area is 124 Å². The lowest BCUT2D eigenvalue weighted by Crippen LogP contribution is -2.33. The van der Waals surface area contributed by atoms with Gasteiger partial charge in [0.1, 0.15) is 5.60 Å². The van der Waals surface area contributed by atoms with E-state index in [0.29, 0.717) is 24.5 Å². The number of hydrogen-bond donors (Lipinski definition) is 1. The fourth-order valence-electron chi connectivity index (χ4n) is 1.94. The minimum Gasteiger partial charge on any atom is -0.454 e. The number of terminal acetylenes is 1. The molecule has 0 atom stereocenters. The molecule has 0 aliphatic carbocycles. The Morgan fingerprint density at radius 1 is 1.38 bits per heavy atom. The molecule has 1 N–H and O–H groups in total. The van der Waals surface area contributed by atoms with E-state index >= 15 is 0 Å². The van der Waals surface area contributed by atoms with Gasteiger partial charge in [0.15, 0.2) is 11.5 Å². The van der Waals surface area contributed by atoms with E-state index in [9.17, 15) is 4.79 Å². The molecule has 0 saturated carbocycles. The van der Waals surface area contributed by atoms with Gasteiger partial charge in [-0.25, -0.2) is 4.79 Å². The fourth-order valence-corrected chi connectivity index (χ4v) is 1.94. The average molecular weight is 289 g/mol. The Balaban J connectivity index is 1.95. The molecule has 5 nitrogen and oxygen atoms in total. The van der Waals surface area contributed by atoms with Crippen LogP contribution in [0.1, 0.15) is 31.9 Å². The molecule has 0 fully saturated rings. The third-order valence-electron chi connectivity index (χ3n) is 2.82. The molecule has 0 unspecified atom stereocenters. The highest BCUT2D eigenvalue weighted by Gasteiger charge is 2.18. The van der Waals surface area contributed by atoms with Crippen molar-refractivity contribution < 1.29 is 19.0 Å². The molecule has 1 amide bonds. The number of amides is 1. The van der Waals surface area contributed by atoms with Crippen molar-refractivity contribution in [1.29, 1.82) is 0 Å². The van der Waals surface area contributed by atoms with Crippen molar-refractivity contribution in [1.82, 2.24) is 5.32 Å². The summed E-state index contributed by atoms with van der Waals surface area (Å²) in [5.41, 5.74) is 1.16. The predicted molar refractivity (Wildman–Crippen MR) is 78.4 cm³/mol. The van der Waals surface area contributed by atoms with E-state index in [4.69, 9.17) is 20.6 Å². The van der Waals surface area contributed by atoms with E-state index in [1.807, 2.05) is 26.8 Å². The van der Waals surface area contributed by atoms with Gasteiger partial charge >= 0.3 is 6.09 Å². The molecule has 0 aromatic heterocycles. The van der Waals surface area contributed by atoms with E-state index in [1.165, 1.54) is 0 Å². The molecule has 1 aromatic rings. The third-order valence-corrected chi connectivity index (χ3v) is 2.82. The molecule has 1 aliphatic rings. The normalized spacial score (nSPS) is 12.7. The summed E-state index contributed by atoms with van der Waals surface area (Å²) in [6.07, 6.45) is 5.65. The zero-order valence-electron chi connectivity index (χ0n) is 12.5. The van der Waals surface area contributed by atoms with E-state index in [-0.39, 0.29) is 6.79 Å². The molecule has 1 aliphatic heterocycles. The second-order valence-electron chi connectivity index (χ2n) is 5.69. The lowest BCUT2D eigenvalue weighted by Gasteiger charge is -2.19. The maximum absolute atomic E-state index is 11.6. The zero-order valence-corrected chi connectivity index (χ0v) is 12.5. The summed E-state index contributed by atoms with van der Waals surface area (Å²) in [4.78, 5) is 11.6. The van der Waals surface area contributed by atoms with Crippen LogP contribution in [0.25, 0.3) is 0 Å². The Morgan fingerprint density at radius 2 is 2.05 bits per heavy atom. The summed E-state index contributed by atoms with van der Waals surface area (Å²) < 4.78 is 15.8. The first kappa shape index (κ1) is 15.0. The van der Waals surface area contributed by atoms with Crippen LogP contribution >= 0.6 is 0 Å². The van der Waals surface area contributed by atoms with E-state index in [2.05, 4.69) is 11.2 Å². The number of alkyl carbamates (subject to hydrolysis) is 1. The van der Waals surface area contributed by atoms with Crippen molar-refractivity contribution in [3.63, 3.8) is 0 Å². The number of hydrogen-bond acceptors (Lipinski definition) is 4. The third kappa shape index (κ3) is 4.06. The molecule has 0 bridgehead atoms. The molecule has 112 valence electrons. The second kappa shape index (κ2) is 5.96. The lowest BCUT2D eigenvalue weighted by molar-refractivity contribution is 0.0528. The van der Waals surface area contributed by atoms with Gasteiger partial charge in [-0.1, -0.05) is 5.92 Å². The lowest BCUT2D eigenvalue weighted by atomic mass is 10.0. The van der Waals surface area contributed by atoms with Crippen molar-refractivity contribution in [2.45, 2.75) is 32.8 Å². The molecule has 0 spiro atoms. The predicted octanol–water partition coefficient (Wildman–Crippen LogP) is 2.46. The van der Waals surface area contributed by atoms with Crippen LogP contribution in [-0.2, 0) is 11.2 Å². The molecular weight excluding hydrogens is 270 g/mol. The Morgan fingerprint density at radius 3 is 2.67 bits per heavy atom. The second-order valence-corrected chi connectivity index (χ2v) is 5.69. The van der Waals surface area contributed by atoms with Crippen LogP contribution in [0.2, 0.25) is 0 Å². The largest absolute Gasteiger partial charge is 0.454 e. The van der Waals surface area contributed by atoms with Crippen LogP contribution in [0.5, 0.6) is 11.5 Å².